The zero-order valence-electron chi connectivity index (χ0n) is 17.1. The van der Waals surface area contributed by atoms with Crippen LogP contribution in [0.25, 0.3) is 11.3 Å². The van der Waals surface area contributed by atoms with E-state index in [0.717, 1.165) is 19.3 Å². The van der Waals surface area contributed by atoms with Gasteiger partial charge in [-0.3, -0.25) is 0 Å². The van der Waals surface area contributed by atoms with Crippen molar-refractivity contribution in [1.82, 2.24) is 0 Å². The molecule has 0 spiro atoms. The van der Waals surface area contributed by atoms with Gasteiger partial charge in [-0.1, -0.05) is 59.7 Å². The van der Waals surface area contributed by atoms with Gasteiger partial charge in [0, 0.05) is 25.5 Å². The molecular weight excluding hydrogens is 302 g/mol. The molecule has 0 amide bonds. The maximum absolute atomic E-state index is 2.58. The standard InChI is InChI=1S/C24H34N/c1-8-23(7)24(9-2,10-3)20-14-12-11-13-19(20)21-17-18(22(4,5)6)15-16-25(21)23/h11-17H,8-10H2,1-7H3/q+1. The highest BCUT2D eigenvalue weighted by Gasteiger charge is 2.57. The van der Waals surface area contributed by atoms with Gasteiger partial charge in [-0.2, -0.15) is 4.57 Å². The molecule has 0 bridgehead atoms. The Morgan fingerprint density at radius 2 is 1.56 bits per heavy atom. The molecule has 1 unspecified atom stereocenters. The first-order chi connectivity index (χ1) is 11.7. The van der Waals surface area contributed by atoms with Crippen molar-refractivity contribution < 1.29 is 4.57 Å². The lowest BCUT2D eigenvalue weighted by atomic mass is 9.58. The topological polar surface area (TPSA) is 3.88 Å². The Kier molecular flexibility index (Phi) is 4.34. The van der Waals surface area contributed by atoms with Crippen LogP contribution in [0.3, 0.4) is 0 Å². The normalized spacial score (nSPS) is 21.6. The maximum atomic E-state index is 2.58. The van der Waals surface area contributed by atoms with Crippen LogP contribution in [0.15, 0.2) is 42.6 Å². The van der Waals surface area contributed by atoms with Crippen LogP contribution in [0, 0.1) is 0 Å². The number of aromatic nitrogens is 1. The molecule has 1 heteroatoms. The molecule has 0 fully saturated rings. The fraction of sp³-hybridized carbons (Fsp3) is 0.542. The van der Waals surface area contributed by atoms with Gasteiger partial charge < -0.3 is 0 Å². The van der Waals surface area contributed by atoms with Crippen LogP contribution < -0.4 is 4.57 Å². The first-order valence-electron chi connectivity index (χ1n) is 9.91. The van der Waals surface area contributed by atoms with Crippen molar-refractivity contribution in [3.63, 3.8) is 0 Å². The fourth-order valence-electron chi connectivity index (χ4n) is 5.15. The summed E-state index contributed by atoms with van der Waals surface area (Å²) in [5, 5.41) is 0. The lowest BCUT2D eigenvalue weighted by molar-refractivity contribution is -0.766. The van der Waals surface area contributed by atoms with Crippen molar-refractivity contribution >= 4 is 0 Å². The molecule has 0 saturated carbocycles. The van der Waals surface area contributed by atoms with E-state index < -0.39 is 0 Å². The molecule has 1 aromatic heterocycles. The largest absolute Gasteiger partial charge is 0.213 e. The Hall–Kier alpha value is -1.63. The molecule has 1 atom stereocenters. The second-order valence-corrected chi connectivity index (χ2v) is 8.88. The van der Waals surface area contributed by atoms with Gasteiger partial charge in [-0.15, -0.1) is 0 Å². The number of hydrogen-bond acceptors (Lipinski definition) is 0. The van der Waals surface area contributed by atoms with E-state index in [1.807, 2.05) is 0 Å². The number of benzene rings is 1. The molecule has 1 aliphatic rings. The zero-order chi connectivity index (χ0) is 18.5. The molecule has 0 saturated heterocycles. The summed E-state index contributed by atoms with van der Waals surface area (Å²) in [5.41, 5.74) is 6.18. The number of hydrogen-bond donors (Lipinski definition) is 0. The summed E-state index contributed by atoms with van der Waals surface area (Å²) in [7, 11) is 0. The van der Waals surface area contributed by atoms with Crippen molar-refractivity contribution in [2.24, 2.45) is 0 Å². The molecule has 134 valence electrons. The van der Waals surface area contributed by atoms with Gasteiger partial charge in [-0.25, -0.2) is 0 Å². The summed E-state index contributed by atoms with van der Waals surface area (Å²) in [6, 6.07) is 13.9. The SMILES string of the molecule is CCC1(CC)c2ccccc2-c2cc(C(C)(C)C)cc[n+]2C1(C)CC. The lowest BCUT2D eigenvalue weighted by Gasteiger charge is -2.48. The Labute approximate surface area is 154 Å². The first kappa shape index (κ1) is 18.2. The zero-order valence-corrected chi connectivity index (χ0v) is 17.1. The molecule has 1 aromatic carbocycles. The average Bonchev–Trinajstić information content (AvgIpc) is 2.61. The van der Waals surface area contributed by atoms with Gasteiger partial charge in [0.05, 0.1) is 11.0 Å². The van der Waals surface area contributed by atoms with Crippen molar-refractivity contribution in [1.29, 1.82) is 0 Å². The van der Waals surface area contributed by atoms with E-state index in [1.54, 1.807) is 0 Å². The highest BCUT2D eigenvalue weighted by Crippen LogP contribution is 2.51. The molecule has 1 aliphatic heterocycles. The van der Waals surface area contributed by atoms with Gasteiger partial charge >= 0.3 is 0 Å². The summed E-state index contributed by atoms with van der Waals surface area (Å²) >= 11 is 0. The lowest BCUT2D eigenvalue weighted by Crippen LogP contribution is -2.68. The summed E-state index contributed by atoms with van der Waals surface area (Å²) in [6.07, 6.45) is 5.82. The van der Waals surface area contributed by atoms with E-state index in [9.17, 15) is 0 Å². The van der Waals surface area contributed by atoms with Crippen LogP contribution in [0.5, 0.6) is 0 Å². The quantitative estimate of drug-likeness (QED) is 0.593. The third-order valence-electron chi connectivity index (χ3n) is 7.00. The summed E-state index contributed by atoms with van der Waals surface area (Å²) < 4.78 is 2.58. The van der Waals surface area contributed by atoms with Crippen molar-refractivity contribution in [2.45, 2.75) is 84.1 Å². The summed E-state index contributed by atoms with van der Waals surface area (Å²) in [4.78, 5) is 0. The number of rotatable bonds is 3. The van der Waals surface area contributed by atoms with E-state index in [2.05, 4.69) is 95.6 Å². The minimum atomic E-state index is 0.0939. The van der Waals surface area contributed by atoms with Gasteiger partial charge in [0.15, 0.2) is 11.7 Å². The van der Waals surface area contributed by atoms with Crippen LogP contribution in [0.1, 0.15) is 78.9 Å². The smallest absolute Gasteiger partial charge is 0.192 e. The fourth-order valence-corrected chi connectivity index (χ4v) is 5.15. The molecule has 3 rings (SSSR count). The highest BCUT2D eigenvalue weighted by molar-refractivity contribution is 5.66. The Bertz CT molecular complexity index is 777. The average molecular weight is 337 g/mol. The van der Waals surface area contributed by atoms with Crippen molar-refractivity contribution in [3.05, 3.63) is 53.7 Å². The van der Waals surface area contributed by atoms with Gasteiger partial charge in [0.2, 0.25) is 5.69 Å². The predicted octanol–water partition coefficient (Wildman–Crippen LogP) is 6.14. The van der Waals surface area contributed by atoms with Crippen molar-refractivity contribution in [2.75, 3.05) is 0 Å². The Morgan fingerprint density at radius 1 is 0.920 bits per heavy atom. The number of nitrogens with zero attached hydrogens (tertiary/aromatic N) is 1. The molecular formula is C24H34N+. The molecule has 2 heterocycles. The third-order valence-corrected chi connectivity index (χ3v) is 7.00. The molecule has 2 aromatic rings. The molecule has 0 aliphatic carbocycles. The minimum absolute atomic E-state index is 0.0939. The highest BCUT2D eigenvalue weighted by atomic mass is 15.1. The summed E-state index contributed by atoms with van der Waals surface area (Å²) in [6.45, 7) is 16.5. The van der Waals surface area contributed by atoms with E-state index in [1.165, 1.54) is 22.4 Å². The molecule has 25 heavy (non-hydrogen) atoms. The van der Waals surface area contributed by atoms with Crippen LogP contribution in [-0.2, 0) is 16.4 Å². The van der Waals surface area contributed by atoms with Gasteiger partial charge in [0.25, 0.3) is 0 Å². The predicted molar refractivity (Wildman–Crippen MR) is 107 cm³/mol. The summed E-state index contributed by atoms with van der Waals surface area (Å²) in [5.74, 6) is 0. The van der Waals surface area contributed by atoms with Crippen LogP contribution in [0.2, 0.25) is 0 Å². The monoisotopic (exact) mass is 336 g/mol. The van der Waals surface area contributed by atoms with E-state index in [-0.39, 0.29) is 16.4 Å². The maximum Gasteiger partial charge on any atom is 0.213 e. The molecule has 0 N–H and O–H groups in total. The van der Waals surface area contributed by atoms with E-state index in [0.29, 0.717) is 0 Å². The minimum Gasteiger partial charge on any atom is -0.192 e. The van der Waals surface area contributed by atoms with Gasteiger partial charge in [0.1, 0.15) is 0 Å². The van der Waals surface area contributed by atoms with E-state index >= 15 is 0 Å². The number of pyridine rings is 1. The van der Waals surface area contributed by atoms with Gasteiger partial charge in [-0.05, 0) is 35.4 Å². The van der Waals surface area contributed by atoms with Crippen LogP contribution in [-0.4, -0.2) is 0 Å². The Balaban J connectivity index is 2.41. The Morgan fingerprint density at radius 3 is 2.12 bits per heavy atom. The number of fused-ring (bicyclic) bond motifs is 3. The first-order valence-corrected chi connectivity index (χ1v) is 9.91. The molecule has 0 radical (unpaired) electrons. The molecule has 1 nitrogen and oxygen atoms in total. The third kappa shape index (κ3) is 2.39. The van der Waals surface area contributed by atoms with E-state index in [4.69, 9.17) is 0 Å². The second kappa shape index (κ2) is 5.97. The van der Waals surface area contributed by atoms with Crippen LogP contribution >= 0.6 is 0 Å². The van der Waals surface area contributed by atoms with Crippen LogP contribution in [0.4, 0.5) is 0 Å². The second-order valence-electron chi connectivity index (χ2n) is 8.88. The van der Waals surface area contributed by atoms with Crippen molar-refractivity contribution in [3.8, 4) is 11.3 Å².